The number of nitrogens with zero attached hydrogens (tertiary/aromatic N) is 2. The van der Waals surface area contributed by atoms with E-state index in [9.17, 15) is 4.79 Å². The summed E-state index contributed by atoms with van der Waals surface area (Å²) in [5.74, 6) is 1.91. The fourth-order valence-corrected chi connectivity index (χ4v) is 3.02. The molecule has 1 aliphatic heterocycles. The zero-order valence-corrected chi connectivity index (χ0v) is 14.9. The van der Waals surface area contributed by atoms with Gasteiger partial charge in [0.25, 0.3) is 0 Å². The molecular formula is C19H19ClN2O3. The number of hydrogen-bond acceptors (Lipinski definition) is 4. The molecule has 25 heavy (non-hydrogen) atoms. The first kappa shape index (κ1) is 17.3. The van der Waals surface area contributed by atoms with Gasteiger partial charge in [0.05, 0.1) is 27.2 Å². The highest BCUT2D eigenvalue weighted by atomic mass is 35.5. The third-order valence-corrected chi connectivity index (χ3v) is 4.26. The number of amidine groups is 1. The van der Waals surface area contributed by atoms with Crippen molar-refractivity contribution in [3.8, 4) is 11.5 Å². The molecule has 0 aromatic heterocycles. The minimum Gasteiger partial charge on any atom is -0.493 e. The molecule has 5 nitrogen and oxygen atoms in total. The fourth-order valence-electron chi connectivity index (χ4n) is 2.83. The van der Waals surface area contributed by atoms with Crippen LogP contribution in [0.1, 0.15) is 11.1 Å². The number of methoxy groups -OCH3 is 2. The molecule has 6 heteroatoms. The van der Waals surface area contributed by atoms with E-state index in [0.717, 1.165) is 11.1 Å². The van der Waals surface area contributed by atoms with E-state index in [2.05, 4.69) is 4.99 Å². The molecule has 0 aliphatic carbocycles. The van der Waals surface area contributed by atoms with Crippen LogP contribution in [-0.4, -0.2) is 44.0 Å². The largest absolute Gasteiger partial charge is 0.493 e. The Kier molecular flexibility index (Phi) is 5.24. The number of amides is 1. The quantitative estimate of drug-likeness (QED) is 0.824. The third kappa shape index (κ3) is 3.77. The standard InChI is InChI=1S/C19H19ClN2O3/c1-24-16-7-6-13(10-17(16)25-2)11-18(23)22-9-8-21-19(22)14-4-3-5-15(20)12-14/h3-7,10,12H,8-9,11H2,1-2H3. The summed E-state index contributed by atoms with van der Waals surface area (Å²) in [7, 11) is 3.16. The van der Waals surface area contributed by atoms with Gasteiger partial charge in [0, 0.05) is 17.1 Å². The van der Waals surface area contributed by atoms with E-state index in [1.54, 1.807) is 31.3 Å². The molecule has 1 amide bonds. The van der Waals surface area contributed by atoms with Crippen LogP contribution in [0.3, 0.4) is 0 Å². The van der Waals surface area contributed by atoms with Gasteiger partial charge in [0.2, 0.25) is 5.91 Å². The van der Waals surface area contributed by atoms with E-state index < -0.39 is 0 Å². The summed E-state index contributed by atoms with van der Waals surface area (Å²) >= 11 is 6.06. The second-order valence-corrected chi connectivity index (χ2v) is 6.06. The van der Waals surface area contributed by atoms with Crippen LogP contribution in [0.15, 0.2) is 47.5 Å². The molecule has 0 radical (unpaired) electrons. The summed E-state index contributed by atoms with van der Waals surface area (Å²) < 4.78 is 10.5. The van der Waals surface area contributed by atoms with E-state index in [-0.39, 0.29) is 12.3 Å². The van der Waals surface area contributed by atoms with Crippen molar-refractivity contribution >= 4 is 23.3 Å². The van der Waals surface area contributed by atoms with Gasteiger partial charge in [-0.25, -0.2) is 0 Å². The average Bonchev–Trinajstić information content (AvgIpc) is 3.11. The molecule has 0 saturated carbocycles. The van der Waals surface area contributed by atoms with E-state index in [1.165, 1.54) is 0 Å². The molecular weight excluding hydrogens is 340 g/mol. The van der Waals surface area contributed by atoms with Gasteiger partial charge in [-0.15, -0.1) is 0 Å². The normalized spacial score (nSPS) is 13.6. The van der Waals surface area contributed by atoms with E-state index in [0.29, 0.717) is 35.4 Å². The van der Waals surface area contributed by atoms with Crippen molar-refractivity contribution < 1.29 is 14.3 Å². The summed E-state index contributed by atoms with van der Waals surface area (Å²) in [5.41, 5.74) is 1.71. The van der Waals surface area contributed by atoms with Crippen molar-refractivity contribution in [2.75, 3.05) is 27.3 Å². The van der Waals surface area contributed by atoms with Gasteiger partial charge in [-0.05, 0) is 29.8 Å². The topological polar surface area (TPSA) is 51.1 Å². The van der Waals surface area contributed by atoms with Crippen LogP contribution >= 0.6 is 11.6 Å². The van der Waals surface area contributed by atoms with Crippen LogP contribution in [0.2, 0.25) is 5.02 Å². The van der Waals surface area contributed by atoms with Crippen LogP contribution in [0.4, 0.5) is 0 Å². The van der Waals surface area contributed by atoms with E-state index >= 15 is 0 Å². The third-order valence-electron chi connectivity index (χ3n) is 4.03. The number of hydrogen-bond donors (Lipinski definition) is 0. The summed E-state index contributed by atoms with van der Waals surface area (Å²) in [6.07, 6.45) is 0.264. The number of aliphatic imine (C=N–C) groups is 1. The number of benzene rings is 2. The van der Waals surface area contributed by atoms with Crippen molar-refractivity contribution in [1.29, 1.82) is 0 Å². The van der Waals surface area contributed by atoms with Crippen LogP contribution in [-0.2, 0) is 11.2 Å². The van der Waals surface area contributed by atoms with Crippen molar-refractivity contribution in [3.63, 3.8) is 0 Å². The molecule has 2 aromatic carbocycles. The molecule has 130 valence electrons. The van der Waals surface area contributed by atoms with Gasteiger partial charge in [-0.2, -0.15) is 0 Å². The smallest absolute Gasteiger partial charge is 0.232 e. The highest BCUT2D eigenvalue weighted by molar-refractivity contribution is 6.31. The number of carbonyl (C=O) groups is 1. The first-order chi connectivity index (χ1) is 12.1. The Morgan fingerprint density at radius 2 is 1.96 bits per heavy atom. The zero-order valence-electron chi connectivity index (χ0n) is 14.2. The molecule has 3 rings (SSSR count). The molecule has 0 atom stereocenters. The molecule has 0 bridgehead atoms. The Balaban J connectivity index is 1.78. The minimum atomic E-state index is -0.0107. The summed E-state index contributed by atoms with van der Waals surface area (Å²) in [4.78, 5) is 19.0. The Labute approximate surface area is 151 Å². The summed E-state index contributed by atoms with van der Waals surface area (Å²) in [6.45, 7) is 1.17. The lowest BCUT2D eigenvalue weighted by Gasteiger charge is -2.19. The van der Waals surface area contributed by atoms with E-state index in [1.807, 2.05) is 30.3 Å². The Bertz CT molecular complexity index is 820. The predicted octanol–water partition coefficient (Wildman–Crippen LogP) is 3.19. The number of carbonyl (C=O) groups excluding carboxylic acids is 1. The highest BCUT2D eigenvalue weighted by Crippen LogP contribution is 2.28. The lowest BCUT2D eigenvalue weighted by Crippen LogP contribution is -2.36. The number of halogens is 1. The maximum Gasteiger partial charge on any atom is 0.232 e. The van der Waals surface area contributed by atoms with Gasteiger partial charge < -0.3 is 9.47 Å². The fraction of sp³-hybridized carbons (Fsp3) is 0.263. The maximum absolute atomic E-state index is 12.8. The molecule has 1 aliphatic rings. The van der Waals surface area contributed by atoms with Gasteiger partial charge in [-0.3, -0.25) is 14.7 Å². The van der Waals surface area contributed by atoms with Crippen LogP contribution in [0.25, 0.3) is 0 Å². The monoisotopic (exact) mass is 358 g/mol. The first-order valence-electron chi connectivity index (χ1n) is 7.94. The Morgan fingerprint density at radius 1 is 1.16 bits per heavy atom. The van der Waals surface area contributed by atoms with Crippen molar-refractivity contribution in [2.45, 2.75) is 6.42 Å². The summed E-state index contributed by atoms with van der Waals surface area (Å²) in [6, 6.07) is 12.9. The molecule has 2 aromatic rings. The lowest BCUT2D eigenvalue weighted by molar-refractivity contribution is -0.126. The van der Waals surface area contributed by atoms with Crippen molar-refractivity contribution in [2.24, 2.45) is 4.99 Å². The second kappa shape index (κ2) is 7.57. The van der Waals surface area contributed by atoms with Gasteiger partial charge in [0.1, 0.15) is 5.84 Å². The molecule has 0 spiro atoms. The first-order valence-corrected chi connectivity index (χ1v) is 8.32. The lowest BCUT2D eigenvalue weighted by atomic mass is 10.1. The van der Waals surface area contributed by atoms with E-state index in [4.69, 9.17) is 21.1 Å². The number of ether oxygens (including phenoxy) is 2. The Morgan fingerprint density at radius 3 is 2.68 bits per heavy atom. The van der Waals surface area contributed by atoms with Crippen LogP contribution < -0.4 is 9.47 Å². The maximum atomic E-state index is 12.8. The average molecular weight is 359 g/mol. The van der Waals surface area contributed by atoms with Crippen molar-refractivity contribution in [1.82, 2.24) is 4.90 Å². The summed E-state index contributed by atoms with van der Waals surface area (Å²) in [5, 5.41) is 0.624. The molecule has 0 saturated heterocycles. The van der Waals surface area contributed by atoms with Gasteiger partial charge in [-0.1, -0.05) is 29.8 Å². The highest BCUT2D eigenvalue weighted by Gasteiger charge is 2.25. The van der Waals surface area contributed by atoms with Crippen molar-refractivity contribution in [3.05, 3.63) is 58.6 Å². The minimum absolute atomic E-state index is 0.0107. The zero-order chi connectivity index (χ0) is 17.8. The van der Waals surface area contributed by atoms with Gasteiger partial charge >= 0.3 is 0 Å². The second-order valence-electron chi connectivity index (χ2n) is 5.63. The van der Waals surface area contributed by atoms with Crippen LogP contribution in [0, 0.1) is 0 Å². The predicted molar refractivity (Wildman–Crippen MR) is 97.8 cm³/mol. The van der Waals surface area contributed by atoms with Gasteiger partial charge in [0.15, 0.2) is 11.5 Å². The molecule has 0 unspecified atom stereocenters. The van der Waals surface area contributed by atoms with Crippen LogP contribution in [0.5, 0.6) is 11.5 Å². The molecule has 0 fully saturated rings. The SMILES string of the molecule is COc1ccc(CC(=O)N2CCN=C2c2cccc(Cl)c2)cc1OC. The molecule has 0 N–H and O–H groups in total. The number of rotatable bonds is 5. The molecule has 1 heterocycles. The Hall–Kier alpha value is -2.53.